The van der Waals surface area contributed by atoms with Crippen molar-refractivity contribution in [1.82, 2.24) is 9.80 Å². The summed E-state index contributed by atoms with van der Waals surface area (Å²) in [6.07, 6.45) is 9.21. The molecule has 180 valence electrons. The number of halogens is 4. The van der Waals surface area contributed by atoms with Crippen LogP contribution in [0.1, 0.15) is 52.4 Å². The van der Waals surface area contributed by atoms with Gasteiger partial charge in [0.1, 0.15) is 7.47 Å². The van der Waals surface area contributed by atoms with Crippen molar-refractivity contribution in [2.75, 3.05) is 26.3 Å². The molecule has 1 fully saturated rings. The lowest BCUT2D eigenvalue weighted by Gasteiger charge is -2.44. The van der Waals surface area contributed by atoms with E-state index in [1.807, 2.05) is 12.2 Å². The number of fused-ring (bicyclic) bond motifs is 2. The summed E-state index contributed by atoms with van der Waals surface area (Å²) in [5, 5.41) is 0. The van der Waals surface area contributed by atoms with Gasteiger partial charge in [-0.05, 0) is 37.8 Å². The Bertz CT molecular complexity index is 724. The predicted octanol–water partition coefficient (Wildman–Crippen LogP) is 5.58. The van der Waals surface area contributed by atoms with Gasteiger partial charge in [0.05, 0.1) is 13.2 Å². The first-order valence-electron chi connectivity index (χ1n) is 11.1. The van der Waals surface area contributed by atoms with Crippen LogP contribution in [0, 0.1) is 0 Å². The zero-order valence-electron chi connectivity index (χ0n) is 18.4. The Labute approximate surface area is 224 Å². The number of carbonyl (C=O) groups excluding carboxylic acids is 2. The third-order valence-corrected chi connectivity index (χ3v) is 8.79. The highest BCUT2D eigenvalue weighted by atomic mass is 79.9. The van der Waals surface area contributed by atoms with Gasteiger partial charge in [-0.15, -0.1) is 0 Å². The highest BCUT2D eigenvalue weighted by molar-refractivity contribution is 9.25. The van der Waals surface area contributed by atoms with Crippen molar-refractivity contribution >= 4 is 75.5 Å². The Balaban J connectivity index is 1.91. The molecular formula is C22H30Br4N2O4. The maximum Gasteiger partial charge on any atom is 0.252 e. The fourth-order valence-electron chi connectivity index (χ4n) is 4.42. The first-order valence-corrected chi connectivity index (χ1v) is 14.8. The summed E-state index contributed by atoms with van der Waals surface area (Å²) >= 11 is 14.4. The Morgan fingerprint density at radius 2 is 1.19 bits per heavy atom. The summed E-state index contributed by atoms with van der Waals surface area (Å²) in [5.41, 5.74) is -0.399. The number of unbranched alkanes of at least 4 members (excludes halogenated alkanes) is 2. The van der Waals surface area contributed by atoms with Gasteiger partial charge in [-0.1, -0.05) is 90.4 Å². The molecule has 2 unspecified atom stereocenters. The van der Waals surface area contributed by atoms with Crippen LogP contribution in [0.15, 0.2) is 23.3 Å². The zero-order chi connectivity index (χ0) is 23.5. The second kappa shape index (κ2) is 11.3. The van der Waals surface area contributed by atoms with Crippen molar-refractivity contribution in [2.24, 2.45) is 0 Å². The topological polar surface area (TPSA) is 59.1 Å². The van der Waals surface area contributed by atoms with E-state index in [0.717, 1.165) is 36.8 Å². The standard InChI is InChI=1S/C22H30Br4N2O4/c1-3-5-7-15-13-21(19(23)24)27(17(15)29)9-11-32-22(20(25)26)14-16(8-6-4-2)18(30)28(22)10-12-31-21/h13-14,19-20H,3-12H2,1-2H3. The van der Waals surface area contributed by atoms with Crippen molar-refractivity contribution < 1.29 is 19.1 Å². The van der Waals surface area contributed by atoms with E-state index in [1.54, 1.807) is 9.80 Å². The van der Waals surface area contributed by atoms with Gasteiger partial charge in [-0.2, -0.15) is 0 Å². The minimum absolute atomic E-state index is 0.0201. The molecule has 32 heavy (non-hydrogen) atoms. The zero-order valence-corrected chi connectivity index (χ0v) is 24.8. The number of hydrogen-bond acceptors (Lipinski definition) is 4. The lowest BCUT2D eigenvalue weighted by Crippen LogP contribution is -2.59. The first kappa shape index (κ1) is 26.9. The molecular weight excluding hydrogens is 676 g/mol. The van der Waals surface area contributed by atoms with Gasteiger partial charge < -0.3 is 19.3 Å². The van der Waals surface area contributed by atoms with Crippen molar-refractivity contribution in [3.63, 3.8) is 0 Å². The van der Waals surface area contributed by atoms with E-state index >= 15 is 0 Å². The van der Waals surface area contributed by atoms with E-state index in [0.29, 0.717) is 25.9 Å². The SMILES string of the molecule is CCCCC1=CC2(C(Br)Br)OCCN3C(=O)C(CCCC)=CC3(C(Br)Br)OCCN2C1=O. The molecule has 6 nitrogen and oxygen atoms in total. The van der Waals surface area contributed by atoms with Crippen LogP contribution in [-0.4, -0.2) is 66.8 Å². The van der Waals surface area contributed by atoms with Crippen LogP contribution in [0.2, 0.25) is 0 Å². The van der Waals surface area contributed by atoms with Gasteiger partial charge in [0.25, 0.3) is 11.8 Å². The second-order valence-electron chi connectivity index (χ2n) is 8.26. The lowest BCUT2D eigenvalue weighted by molar-refractivity contribution is -0.178. The average molecular weight is 706 g/mol. The second-order valence-corrected chi connectivity index (χ2v) is 14.4. The van der Waals surface area contributed by atoms with E-state index in [1.165, 1.54) is 0 Å². The Morgan fingerprint density at radius 3 is 1.50 bits per heavy atom. The summed E-state index contributed by atoms with van der Waals surface area (Å²) in [7, 11) is 0. The summed E-state index contributed by atoms with van der Waals surface area (Å²) in [5.74, 6) is -0.0401. The number of carbonyl (C=O) groups is 2. The normalized spacial score (nSPS) is 28.9. The smallest absolute Gasteiger partial charge is 0.252 e. The van der Waals surface area contributed by atoms with E-state index in [4.69, 9.17) is 9.47 Å². The fraction of sp³-hybridized carbons (Fsp3) is 0.727. The molecule has 3 heterocycles. The number of ether oxygens (including phenoxy) is 2. The minimum atomic E-state index is -0.965. The van der Waals surface area contributed by atoms with Crippen LogP contribution in [-0.2, 0) is 19.1 Å². The number of rotatable bonds is 8. The molecule has 10 heteroatoms. The molecule has 0 aromatic heterocycles. The molecule has 0 radical (unpaired) electrons. The molecule has 3 rings (SSSR count). The molecule has 2 amide bonds. The third kappa shape index (κ3) is 4.96. The molecule has 3 aliphatic heterocycles. The third-order valence-electron chi connectivity index (χ3n) is 6.17. The molecule has 0 aliphatic carbocycles. The van der Waals surface area contributed by atoms with Gasteiger partial charge in [-0.25, -0.2) is 0 Å². The van der Waals surface area contributed by atoms with Crippen molar-refractivity contribution in [2.45, 2.75) is 71.3 Å². The maximum atomic E-state index is 13.3. The molecule has 0 N–H and O–H groups in total. The van der Waals surface area contributed by atoms with Gasteiger partial charge in [0.2, 0.25) is 0 Å². The monoisotopic (exact) mass is 702 g/mol. The van der Waals surface area contributed by atoms with E-state index in [-0.39, 0.29) is 32.5 Å². The van der Waals surface area contributed by atoms with Crippen LogP contribution in [0.5, 0.6) is 0 Å². The van der Waals surface area contributed by atoms with Crippen molar-refractivity contribution in [1.29, 1.82) is 0 Å². The first-order chi connectivity index (χ1) is 15.2. The predicted molar refractivity (Wildman–Crippen MR) is 139 cm³/mol. The van der Waals surface area contributed by atoms with Crippen LogP contribution >= 0.6 is 63.7 Å². The molecule has 0 aromatic rings. The Hall–Kier alpha value is 0.260. The van der Waals surface area contributed by atoms with Gasteiger partial charge in [0.15, 0.2) is 11.4 Å². The molecule has 0 bridgehead atoms. The van der Waals surface area contributed by atoms with E-state index in [2.05, 4.69) is 77.6 Å². The lowest BCUT2D eigenvalue weighted by atomic mass is 10.1. The quantitative estimate of drug-likeness (QED) is 0.310. The molecule has 1 saturated heterocycles. The minimum Gasteiger partial charge on any atom is -0.348 e. The molecule has 3 aliphatic rings. The molecule has 0 spiro atoms. The number of alkyl halides is 4. The van der Waals surface area contributed by atoms with Crippen molar-refractivity contribution in [3.05, 3.63) is 23.3 Å². The number of hydrogen-bond donors (Lipinski definition) is 0. The number of nitrogens with zero attached hydrogens (tertiary/aromatic N) is 2. The van der Waals surface area contributed by atoms with Crippen molar-refractivity contribution in [3.8, 4) is 0 Å². The highest BCUT2D eigenvalue weighted by Crippen LogP contribution is 2.43. The largest absolute Gasteiger partial charge is 0.348 e. The average Bonchev–Trinajstić information content (AvgIpc) is 3.19. The molecule has 0 saturated carbocycles. The summed E-state index contributed by atoms with van der Waals surface area (Å²) in [4.78, 5) is 30.0. The van der Waals surface area contributed by atoms with Gasteiger partial charge >= 0.3 is 0 Å². The Morgan fingerprint density at radius 1 is 0.812 bits per heavy atom. The summed E-state index contributed by atoms with van der Waals surface area (Å²) in [6.45, 7) is 5.42. The van der Waals surface area contributed by atoms with Gasteiger partial charge in [0, 0.05) is 24.2 Å². The highest BCUT2D eigenvalue weighted by Gasteiger charge is 2.54. The maximum absolute atomic E-state index is 13.3. The summed E-state index contributed by atoms with van der Waals surface area (Å²) in [6, 6.07) is 0. The van der Waals surface area contributed by atoms with E-state index in [9.17, 15) is 9.59 Å². The van der Waals surface area contributed by atoms with Gasteiger partial charge in [-0.3, -0.25) is 9.59 Å². The summed E-state index contributed by atoms with van der Waals surface area (Å²) < 4.78 is 12.2. The fourth-order valence-corrected chi connectivity index (χ4v) is 6.46. The van der Waals surface area contributed by atoms with Crippen LogP contribution < -0.4 is 0 Å². The molecule has 2 atom stereocenters. The van der Waals surface area contributed by atoms with Crippen LogP contribution in [0.3, 0.4) is 0 Å². The van der Waals surface area contributed by atoms with E-state index < -0.39 is 11.4 Å². The van der Waals surface area contributed by atoms with Crippen LogP contribution in [0.25, 0.3) is 0 Å². The van der Waals surface area contributed by atoms with Crippen LogP contribution in [0.4, 0.5) is 0 Å². The Kier molecular flexibility index (Phi) is 9.51. The number of amides is 2. The molecule has 0 aromatic carbocycles.